The van der Waals surface area contributed by atoms with Crippen molar-refractivity contribution in [1.29, 1.82) is 0 Å². The molecule has 0 radical (unpaired) electrons. The van der Waals surface area contributed by atoms with Gasteiger partial charge < -0.3 is 5.32 Å². The van der Waals surface area contributed by atoms with Crippen LogP contribution in [0.15, 0.2) is 42.5 Å². The van der Waals surface area contributed by atoms with Crippen molar-refractivity contribution in [2.24, 2.45) is 0 Å². The Bertz CT molecular complexity index is 669. The summed E-state index contributed by atoms with van der Waals surface area (Å²) < 4.78 is 1.03. The molecule has 0 saturated heterocycles. The van der Waals surface area contributed by atoms with Crippen LogP contribution >= 0.6 is 22.6 Å². The van der Waals surface area contributed by atoms with Gasteiger partial charge in [0.25, 0.3) is 11.6 Å². The summed E-state index contributed by atoms with van der Waals surface area (Å²) in [7, 11) is 0. The number of rotatable bonds is 3. The van der Waals surface area contributed by atoms with Gasteiger partial charge in [-0.3, -0.25) is 14.9 Å². The summed E-state index contributed by atoms with van der Waals surface area (Å²) in [5, 5.41) is 13.4. The van der Waals surface area contributed by atoms with E-state index in [1.807, 2.05) is 12.1 Å². The zero-order chi connectivity index (χ0) is 14.7. The lowest BCUT2D eigenvalue weighted by Crippen LogP contribution is -2.12. The van der Waals surface area contributed by atoms with Gasteiger partial charge in [-0.25, -0.2) is 0 Å². The third-order valence-corrected chi connectivity index (χ3v) is 3.51. The summed E-state index contributed by atoms with van der Waals surface area (Å²) >= 11 is 2.15. The second-order valence-electron chi connectivity index (χ2n) is 4.22. The zero-order valence-corrected chi connectivity index (χ0v) is 12.7. The fraction of sp³-hybridized carbons (Fsp3) is 0.0714. The van der Waals surface area contributed by atoms with Gasteiger partial charge >= 0.3 is 0 Å². The number of halogens is 1. The molecule has 1 N–H and O–H groups in total. The van der Waals surface area contributed by atoms with Gasteiger partial charge in [-0.1, -0.05) is 6.07 Å². The number of hydrogen-bond acceptors (Lipinski definition) is 3. The minimum absolute atomic E-state index is 0.0477. The molecule has 0 aliphatic carbocycles. The first-order valence-electron chi connectivity index (χ1n) is 5.79. The second kappa shape index (κ2) is 6.00. The van der Waals surface area contributed by atoms with E-state index in [2.05, 4.69) is 27.9 Å². The number of carbonyl (C=O) groups is 1. The quantitative estimate of drug-likeness (QED) is 0.499. The monoisotopic (exact) mass is 382 g/mol. The number of nitro groups is 1. The smallest absolute Gasteiger partial charge is 0.271 e. The molecule has 2 aromatic carbocycles. The first-order chi connectivity index (χ1) is 9.47. The number of nitrogens with one attached hydrogen (secondary N) is 1. The van der Waals surface area contributed by atoms with E-state index in [1.54, 1.807) is 25.1 Å². The van der Waals surface area contributed by atoms with Crippen molar-refractivity contribution in [1.82, 2.24) is 0 Å². The SMILES string of the molecule is Cc1ccc([N+](=O)[O-])cc1NC(=O)c1ccc(I)cc1. The highest BCUT2D eigenvalue weighted by Crippen LogP contribution is 2.22. The Morgan fingerprint density at radius 3 is 2.45 bits per heavy atom. The molecule has 5 nitrogen and oxygen atoms in total. The summed E-state index contributed by atoms with van der Waals surface area (Å²) in [6.45, 7) is 1.78. The van der Waals surface area contributed by atoms with Crippen LogP contribution in [0.2, 0.25) is 0 Å². The van der Waals surface area contributed by atoms with Crippen LogP contribution in [0.4, 0.5) is 11.4 Å². The predicted molar refractivity (Wildman–Crippen MR) is 84.9 cm³/mol. The minimum atomic E-state index is -0.486. The number of amides is 1. The van der Waals surface area contributed by atoms with Crippen LogP contribution < -0.4 is 5.32 Å². The summed E-state index contributed by atoms with van der Waals surface area (Å²) in [6, 6.07) is 11.5. The first-order valence-corrected chi connectivity index (χ1v) is 6.87. The van der Waals surface area contributed by atoms with Gasteiger partial charge in [0.2, 0.25) is 0 Å². The van der Waals surface area contributed by atoms with E-state index in [0.717, 1.165) is 9.13 Å². The molecule has 0 unspecified atom stereocenters. The van der Waals surface area contributed by atoms with Gasteiger partial charge in [-0.15, -0.1) is 0 Å². The number of carbonyl (C=O) groups excluding carboxylic acids is 1. The molecule has 2 rings (SSSR count). The van der Waals surface area contributed by atoms with Gasteiger partial charge in [-0.05, 0) is 59.3 Å². The zero-order valence-electron chi connectivity index (χ0n) is 10.6. The molecule has 0 spiro atoms. The molecule has 0 aliphatic rings. The van der Waals surface area contributed by atoms with E-state index in [9.17, 15) is 14.9 Å². The summed E-state index contributed by atoms with van der Waals surface area (Å²) in [5.74, 6) is -0.287. The average Bonchev–Trinajstić information content (AvgIpc) is 2.41. The number of nitro benzene ring substituents is 1. The third kappa shape index (κ3) is 3.32. The molecule has 20 heavy (non-hydrogen) atoms. The molecular weight excluding hydrogens is 371 g/mol. The first kappa shape index (κ1) is 14.4. The van der Waals surface area contributed by atoms with E-state index >= 15 is 0 Å². The van der Waals surface area contributed by atoms with Crippen molar-refractivity contribution in [3.63, 3.8) is 0 Å². The van der Waals surface area contributed by atoms with Gasteiger partial charge in [-0.2, -0.15) is 0 Å². The van der Waals surface area contributed by atoms with Gasteiger partial charge in [0, 0.05) is 21.3 Å². The predicted octanol–water partition coefficient (Wildman–Crippen LogP) is 3.76. The highest BCUT2D eigenvalue weighted by molar-refractivity contribution is 14.1. The van der Waals surface area contributed by atoms with Crippen molar-refractivity contribution in [3.05, 3.63) is 67.3 Å². The standard InChI is InChI=1S/C14H11IN2O3/c1-9-2-7-12(17(19)20)8-13(9)16-14(18)10-3-5-11(15)6-4-10/h2-8H,1H3,(H,16,18). The van der Waals surface area contributed by atoms with Crippen molar-refractivity contribution >= 4 is 39.9 Å². The maximum atomic E-state index is 12.1. The lowest BCUT2D eigenvalue weighted by molar-refractivity contribution is -0.384. The van der Waals surface area contributed by atoms with Crippen molar-refractivity contribution in [3.8, 4) is 0 Å². The molecule has 0 aromatic heterocycles. The largest absolute Gasteiger partial charge is 0.321 e. The molecule has 102 valence electrons. The molecule has 0 saturated carbocycles. The molecule has 0 bridgehead atoms. The fourth-order valence-corrected chi connectivity index (χ4v) is 2.01. The molecule has 1 amide bonds. The fourth-order valence-electron chi connectivity index (χ4n) is 1.65. The van der Waals surface area contributed by atoms with Crippen LogP contribution in [0.3, 0.4) is 0 Å². The minimum Gasteiger partial charge on any atom is -0.321 e. The van der Waals surface area contributed by atoms with Gasteiger partial charge in [0.1, 0.15) is 0 Å². The average molecular weight is 382 g/mol. The topological polar surface area (TPSA) is 72.2 Å². The third-order valence-electron chi connectivity index (χ3n) is 2.79. The normalized spacial score (nSPS) is 10.1. The molecular formula is C14H11IN2O3. The Kier molecular flexibility index (Phi) is 4.33. The van der Waals surface area contributed by atoms with Crippen LogP contribution in [-0.2, 0) is 0 Å². The van der Waals surface area contributed by atoms with E-state index in [4.69, 9.17) is 0 Å². The summed E-state index contributed by atoms with van der Waals surface area (Å²) in [4.78, 5) is 22.3. The van der Waals surface area contributed by atoms with Gasteiger partial charge in [0.15, 0.2) is 0 Å². The van der Waals surface area contributed by atoms with Crippen molar-refractivity contribution in [2.45, 2.75) is 6.92 Å². The Labute approximate surface area is 129 Å². The Balaban J connectivity index is 2.25. The number of benzene rings is 2. The van der Waals surface area contributed by atoms with Crippen LogP contribution in [-0.4, -0.2) is 10.8 Å². The maximum absolute atomic E-state index is 12.1. The van der Waals surface area contributed by atoms with Crippen LogP contribution in [0.1, 0.15) is 15.9 Å². The molecule has 0 atom stereocenters. The van der Waals surface area contributed by atoms with Crippen LogP contribution in [0, 0.1) is 20.6 Å². The van der Waals surface area contributed by atoms with Gasteiger partial charge in [0.05, 0.1) is 10.6 Å². The summed E-state index contributed by atoms with van der Waals surface area (Å²) in [6.07, 6.45) is 0. The highest BCUT2D eigenvalue weighted by atomic mass is 127. The number of non-ortho nitro benzene ring substituents is 1. The van der Waals surface area contributed by atoms with Crippen LogP contribution in [0.5, 0.6) is 0 Å². The second-order valence-corrected chi connectivity index (χ2v) is 5.46. The number of aryl methyl sites for hydroxylation is 1. The van der Waals surface area contributed by atoms with E-state index in [-0.39, 0.29) is 11.6 Å². The highest BCUT2D eigenvalue weighted by Gasteiger charge is 2.12. The number of nitrogens with zero attached hydrogens (tertiary/aromatic N) is 1. The van der Waals surface area contributed by atoms with Crippen molar-refractivity contribution in [2.75, 3.05) is 5.32 Å². The van der Waals surface area contributed by atoms with E-state index in [0.29, 0.717) is 11.3 Å². The lowest BCUT2D eigenvalue weighted by atomic mass is 10.1. The van der Waals surface area contributed by atoms with E-state index in [1.165, 1.54) is 12.1 Å². The molecule has 6 heteroatoms. The Morgan fingerprint density at radius 2 is 1.85 bits per heavy atom. The van der Waals surface area contributed by atoms with Crippen molar-refractivity contribution < 1.29 is 9.72 Å². The Morgan fingerprint density at radius 1 is 1.20 bits per heavy atom. The van der Waals surface area contributed by atoms with E-state index < -0.39 is 4.92 Å². The molecule has 0 fully saturated rings. The molecule has 0 heterocycles. The molecule has 0 aliphatic heterocycles. The number of anilines is 1. The Hall–Kier alpha value is -1.96. The van der Waals surface area contributed by atoms with Crippen LogP contribution in [0.25, 0.3) is 0 Å². The maximum Gasteiger partial charge on any atom is 0.271 e. The lowest BCUT2D eigenvalue weighted by Gasteiger charge is -2.08. The number of hydrogen-bond donors (Lipinski definition) is 1. The summed E-state index contributed by atoms with van der Waals surface area (Å²) in [5.41, 5.74) is 1.68. The molecule has 2 aromatic rings.